The van der Waals surface area contributed by atoms with E-state index < -0.39 is 0 Å². The average Bonchev–Trinajstić information content (AvgIpc) is 3.07. The van der Waals surface area contributed by atoms with E-state index in [2.05, 4.69) is 20.8 Å². The van der Waals surface area contributed by atoms with Crippen molar-refractivity contribution in [3.63, 3.8) is 0 Å². The van der Waals surface area contributed by atoms with Crippen LogP contribution in [0.15, 0.2) is 59.8 Å². The molecule has 0 bridgehead atoms. The minimum Gasteiger partial charge on any atom is -0.351 e. The third-order valence-corrected chi connectivity index (χ3v) is 4.77. The van der Waals surface area contributed by atoms with E-state index in [-0.39, 0.29) is 11.7 Å². The lowest BCUT2D eigenvalue weighted by atomic mass is 10.2. The molecule has 1 aromatic heterocycles. The number of amides is 1. The van der Waals surface area contributed by atoms with Crippen LogP contribution in [-0.4, -0.2) is 31.9 Å². The zero-order chi connectivity index (χ0) is 17.5. The summed E-state index contributed by atoms with van der Waals surface area (Å²) >= 11 is 7.38. The van der Waals surface area contributed by atoms with Gasteiger partial charge in [0, 0.05) is 11.6 Å². The van der Waals surface area contributed by atoms with Crippen LogP contribution in [0.4, 0.5) is 0 Å². The van der Waals surface area contributed by atoms with Gasteiger partial charge in [-0.1, -0.05) is 71.9 Å². The van der Waals surface area contributed by atoms with Gasteiger partial charge in [0.15, 0.2) is 0 Å². The number of hydrogen-bond acceptors (Lipinski definition) is 5. The number of nitrogens with zero attached hydrogens (tertiary/aromatic N) is 4. The van der Waals surface area contributed by atoms with E-state index in [0.717, 1.165) is 11.1 Å². The van der Waals surface area contributed by atoms with Crippen LogP contribution in [0.5, 0.6) is 0 Å². The van der Waals surface area contributed by atoms with Crippen LogP contribution >= 0.6 is 23.4 Å². The maximum atomic E-state index is 12.0. The van der Waals surface area contributed by atoms with Gasteiger partial charge < -0.3 is 5.32 Å². The molecule has 0 aliphatic carbocycles. The van der Waals surface area contributed by atoms with Crippen molar-refractivity contribution in [3.05, 3.63) is 70.7 Å². The van der Waals surface area contributed by atoms with Gasteiger partial charge in [-0.2, -0.15) is 0 Å². The van der Waals surface area contributed by atoms with Gasteiger partial charge in [-0.3, -0.25) is 4.79 Å². The van der Waals surface area contributed by atoms with Crippen LogP contribution in [0.1, 0.15) is 11.1 Å². The molecule has 128 valence electrons. The summed E-state index contributed by atoms with van der Waals surface area (Å²) < 4.78 is 1.68. The lowest BCUT2D eigenvalue weighted by Crippen LogP contribution is -2.24. The predicted octanol–water partition coefficient (Wildman–Crippen LogP) is 2.78. The Hall–Kier alpha value is -2.38. The summed E-state index contributed by atoms with van der Waals surface area (Å²) in [5.74, 6) is 0.138. The number of aromatic nitrogens is 4. The Morgan fingerprint density at radius 2 is 1.88 bits per heavy atom. The molecule has 0 spiro atoms. The van der Waals surface area contributed by atoms with Gasteiger partial charge in [-0.05, 0) is 27.6 Å². The topological polar surface area (TPSA) is 72.7 Å². The van der Waals surface area contributed by atoms with E-state index in [1.165, 1.54) is 11.8 Å². The van der Waals surface area contributed by atoms with E-state index in [9.17, 15) is 4.79 Å². The molecular weight excluding hydrogens is 358 g/mol. The second-order valence-corrected chi connectivity index (χ2v) is 6.61. The molecule has 0 radical (unpaired) electrons. The highest BCUT2D eigenvalue weighted by molar-refractivity contribution is 7.99. The average molecular weight is 374 g/mol. The van der Waals surface area contributed by atoms with Crippen LogP contribution in [0.25, 0.3) is 0 Å². The van der Waals surface area contributed by atoms with Crippen LogP contribution in [-0.2, 0) is 17.9 Å². The number of hydrogen-bond donors (Lipinski definition) is 1. The molecule has 1 amide bonds. The second-order valence-electron chi connectivity index (χ2n) is 5.26. The summed E-state index contributed by atoms with van der Waals surface area (Å²) in [6, 6.07) is 17.3. The van der Waals surface area contributed by atoms with Crippen molar-refractivity contribution in [1.82, 2.24) is 25.5 Å². The number of carbonyl (C=O) groups excluding carboxylic acids is 1. The minimum absolute atomic E-state index is 0.0980. The van der Waals surface area contributed by atoms with Crippen molar-refractivity contribution in [3.8, 4) is 0 Å². The fourth-order valence-corrected chi connectivity index (χ4v) is 3.08. The van der Waals surface area contributed by atoms with E-state index >= 15 is 0 Å². The number of nitrogens with one attached hydrogen (secondary N) is 1. The first-order valence-corrected chi connectivity index (χ1v) is 9.02. The van der Waals surface area contributed by atoms with Crippen molar-refractivity contribution < 1.29 is 4.79 Å². The van der Waals surface area contributed by atoms with Gasteiger partial charge in [0.1, 0.15) is 0 Å². The van der Waals surface area contributed by atoms with E-state index in [4.69, 9.17) is 11.6 Å². The lowest BCUT2D eigenvalue weighted by Gasteiger charge is -2.07. The van der Waals surface area contributed by atoms with E-state index in [0.29, 0.717) is 23.3 Å². The largest absolute Gasteiger partial charge is 0.351 e. The zero-order valence-corrected chi connectivity index (χ0v) is 14.9. The summed E-state index contributed by atoms with van der Waals surface area (Å²) in [5.41, 5.74) is 1.98. The normalized spacial score (nSPS) is 10.6. The van der Waals surface area contributed by atoms with E-state index in [1.54, 1.807) is 10.7 Å². The molecule has 6 nitrogen and oxygen atoms in total. The Morgan fingerprint density at radius 1 is 1.12 bits per heavy atom. The van der Waals surface area contributed by atoms with Crippen LogP contribution < -0.4 is 5.32 Å². The Bertz CT molecular complexity index is 840. The van der Waals surface area contributed by atoms with Gasteiger partial charge in [0.2, 0.25) is 11.1 Å². The molecule has 0 aliphatic rings. The first-order valence-electron chi connectivity index (χ1n) is 7.65. The molecule has 3 aromatic rings. The molecular formula is C17H16ClN5OS. The maximum Gasteiger partial charge on any atom is 0.230 e. The minimum atomic E-state index is -0.0980. The van der Waals surface area contributed by atoms with Crippen molar-refractivity contribution in [2.24, 2.45) is 0 Å². The van der Waals surface area contributed by atoms with E-state index in [1.807, 2.05) is 48.5 Å². The lowest BCUT2D eigenvalue weighted by molar-refractivity contribution is -0.118. The van der Waals surface area contributed by atoms with Gasteiger partial charge in [0.25, 0.3) is 0 Å². The number of carbonyl (C=O) groups is 1. The standard InChI is InChI=1S/C17H16ClN5OS/c18-15-9-5-4-8-14(15)10-19-16(24)12-25-17-20-21-22-23(17)11-13-6-2-1-3-7-13/h1-9H,10-12H2,(H,19,24). The van der Waals surface area contributed by atoms with Gasteiger partial charge >= 0.3 is 0 Å². The van der Waals surface area contributed by atoms with Gasteiger partial charge in [-0.25, -0.2) is 4.68 Å². The van der Waals surface area contributed by atoms with Crippen LogP contribution in [0.2, 0.25) is 5.02 Å². The Morgan fingerprint density at radius 3 is 2.68 bits per heavy atom. The molecule has 3 rings (SSSR count). The smallest absolute Gasteiger partial charge is 0.230 e. The fraction of sp³-hybridized carbons (Fsp3) is 0.176. The van der Waals surface area contributed by atoms with Crippen molar-refractivity contribution in [1.29, 1.82) is 0 Å². The molecule has 2 aromatic carbocycles. The number of tetrazole rings is 1. The Labute approximate surface area is 154 Å². The molecule has 0 fully saturated rings. The number of thioether (sulfide) groups is 1. The molecule has 0 saturated heterocycles. The molecule has 0 atom stereocenters. The van der Waals surface area contributed by atoms with Gasteiger partial charge in [0.05, 0.1) is 12.3 Å². The first kappa shape index (κ1) is 17.4. The van der Waals surface area contributed by atoms with Crippen molar-refractivity contribution in [2.75, 3.05) is 5.75 Å². The number of rotatable bonds is 7. The summed E-state index contributed by atoms with van der Waals surface area (Å²) in [4.78, 5) is 12.0. The fourth-order valence-electron chi connectivity index (χ4n) is 2.17. The predicted molar refractivity (Wildman–Crippen MR) is 97.4 cm³/mol. The van der Waals surface area contributed by atoms with Crippen LogP contribution in [0.3, 0.4) is 0 Å². The van der Waals surface area contributed by atoms with Gasteiger partial charge in [-0.15, -0.1) is 5.10 Å². The molecule has 0 aliphatic heterocycles. The number of halogens is 1. The maximum absolute atomic E-state index is 12.0. The number of benzene rings is 2. The highest BCUT2D eigenvalue weighted by Crippen LogP contribution is 2.16. The molecule has 25 heavy (non-hydrogen) atoms. The molecule has 1 N–H and O–H groups in total. The SMILES string of the molecule is O=C(CSc1nnnn1Cc1ccccc1)NCc1ccccc1Cl. The summed E-state index contributed by atoms with van der Waals surface area (Å²) in [6.45, 7) is 0.964. The van der Waals surface area contributed by atoms with Crippen molar-refractivity contribution in [2.45, 2.75) is 18.2 Å². The Kier molecular flexibility index (Phi) is 6.03. The quantitative estimate of drug-likeness (QED) is 0.645. The molecule has 8 heteroatoms. The molecule has 0 saturated carbocycles. The molecule has 0 unspecified atom stereocenters. The molecule has 1 heterocycles. The summed E-state index contributed by atoms with van der Waals surface area (Å²) in [7, 11) is 0. The monoisotopic (exact) mass is 373 g/mol. The van der Waals surface area contributed by atoms with Crippen molar-refractivity contribution >= 4 is 29.3 Å². The zero-order valence-electron chi connectivity index (χ0n) is 13.3. The van der Waals surface area contributed by atoms with Crippen LogP contribution in [0, 0.1) is 0 Å². The first-order chi connectivity index (χ1) is 12.2. The Balaban J connectivity index is 1.51. The summed E-state index contributed by atoms with van der Waals surface area (Å²) in [6.07, 6.45) is 0. The second kappa shape index (κ2) is 8.64. The highest BCUT2D eigenvalue weighted by atomic mass is 35.5. The highest BCUT2D eigenvalue weighted by Gasteiger charge is 2.10. The summed E-state index contributed by atoms with van der Waals surface area (Å²) in [5, 5.41) is 15.8. The third kappa shape index (κ3) is 5.04. The third-order valence-electron chi connectivity index (χ3n) is 3.44.